The summed E-state index contributed by atoms with van der Waals surface area (Å²) < 4.78 is 27.3. The molecule has 2 aromatic heterocycles. The van der Waals surface area contributed by atoms with E-state index in [2.05, 4.69) is 15.0 Å². The van der Waals surface area contributed by atoms with Crippen LogP contribution in [0.1, 0.15) is 10.4 Å². The molecule has 102 valence electrons. The lowest BCUT2D eigenvalue weighted by Gasteiger charge is -2.04. The Morgan fingerprint density at radius 1 is 1.42 bits per heavy atom. The minimum atomic E-state index is -3.53. The maximum atomic E-state index is 12.2. The van der Waals surface area contributed by atoms with Crippen LogP contribution in [-0.2, 0) is 16.6 Å². The Hall–Kier alpha value is -1.44. The van der Waals surface area contributed by atoms with Crippen molar-refractivity contribution in [3.8, 4) is 0 Å². The smallest absolute Gasteiger partial charge is 0.271 e. The van der Waals surface area contributed by atoms with Gasteiger partial charge in [0.05, 0.1) is 11.9 Å². The van der Waals surface area contributed by atoms with Crippen molar-refractivity contribution in [2.24, 2.45) is 0 Å². The largest absolute Gasteiger partial charge is 0.315 e. The van der Waals surface area contributed by atoms with Gasteiger partial charge in [-0.2, -0.15) is 0 Å². The molecule has 0 aromatic carbocycles. The Morgan fingerprint density at radius 3 is 2.84 bits per heavy atom. The molecule has 0 aliphatic carbocycles. The van der Waals surface area contributed by atoms with Crippen LogP contribution >= 0.6 is 11.3 Å². The summed E-state index contributed by atoms with van der Waals surface area (Å²) in [6, 6.07) is 5.04. The fraction of sp³-hybridized carbons (Fsp3) is 0.250. The minimum Gasteiger partial charge on any atom is -0.315 e. The van der Waals surface area contributed by atoms with Crippen LogP contribution in [0.5, 0.6) is 0 Å². The van der Waals surface area contributed by atoms with Gasteiger partial charge in [-0.25, -0.2) is 8.42 Å². The fourth-order valence-electron chi connectivity index (χ4n) is 1.59. The summed E-state index contributed by atoms with van der Waals surface area (Å²) >= 11 is 1.28. The first kappa shape index (κ1) is 14.0. The van der Waals surface area contributed by atoms with Gasteiger partial charge in [-0.1, -0.05) is 0 Å². The highest BCUT2D eigenvalue weighted by Gasteiger charge is 2.18. The summed E-state index contributed by atoms with van der Waals surface area (Å²) in [5.41, 5.74) is 1.44. The Morgan fingerprint density at radius 2 is 2.21 bits per heavy atom. The van der Waals surface area contributed by atoms with Gasteiger partial charge in [-0.15, -0.1) is 11.3 Å². The molecule has 0 amide bonds. The van der Waals surface area contributed by atoms with E-state index in [1.165, 1.54) is 17.5 Å². The van der Waals surface area contributed by atoms with Gasteiger partial charge in [0.1, 0.15) is 4.21 Å². The molecule has 19 heavy (non-hydrogen) atoms. The molecule has 0 saturated carbocycles. The number of aromatic nitrogens is 1. The number of nitrogens with one attached hydrogen (secondary N) is 2. The third kappa shape index (κ3) is 3.31. The first-order valence-electron chi connectivity index (χ1n) is 5.69. The maximum Gasteiger partial charge on any atom is 0.271 e. The number of sulfonamides is 1. The molecule has 0 fully saturated rings. The van der Waals surface area contributed by atoms with Crippen LogP contribution in [0.3, 0.4) is 0 Å². The van der Waals surface area contributed by atoms with E-state index in [1.807, 2.05) is 14.0 Å². The van der Waals surface area contributed by atoms with Crippen molar-refractivity contribution < 1.29 is 8.42 Å². The van der Waals surface area contributed by atoms with Gasteiger partial charge in [0.25, 0.3) is 10.0 Å². The van der Waals surface area contributed by atoms with Crippen LogP contribution < -0.4 is 10.0 Å². The lowest BCUT2D eigenvalue weighted by molar-refractivity contribution is 0.603. The molecule has 2 aromatic rings. The van der Waals surface area contributed by atoms with Gasteiger partial charge < -0.3 is 5.32 Å². The summed E-state index contributed by atoms with van der Waals surface area (Å²) in [5.74, 6) is 0. The molecule has 0 atom stereocenters. The number of pyridine rings is 1. The number of nitrogens with zero attached hydrogens (tertiary/aromatic N) is 1. The second-order valence-electron chi connectivity index (χ2n) is 4.05. The molecule has 0 radical (unpaired) electrons. The van der Waals surface area contributed by atoms with Gasteiger partial charge in [-0.05, 0) is 37.7 Å². The Labute approximate surface area is 116 Å². The van der Waals surface area contributed by atoms with Crippen molar-refractivity contribution in [3.63, 3.8) is 0 Å². The second kappa shape index (κ2) is 5.68. The Bertz CT molecular complexity index is 651. The van der Waals surface area contributed by atoms with Crippen molar-refractivity contribution in [2.45, 2.75) is 17.7 Å². The summed E-state index contributed by atoms with van der Waals surface area (Å²) in [6.45, 7) is 2.57. The van der Waals surface area contributed by atoms with Crippen LogP contribution in [0.2, 0.25) is 0 Å². The number of rotatable bonds is 5. The summed E-state index contributed by atoms with van der Waals surface area (Å²) in [6.07, 6.45) is 3.07. The Kier molecular flexibility index (Phi) is 4.18. The molecule has 2 N–H and O–H groups in total. The summed E-state index contributed by atoms with van der Waals surface area (Å²) in [4.78, 5) is 4.90. The zero-order valence-electron chi connectivity index (χ0n) is 10.7. The first-order valence-corrected chi connectivity index (χ1v) is 7.99. The van der Waals surface area contributed by atoms with Crippen LogP contribution in [0, 0.1) is 6.92 Å². The van der Waals surface area contributed by atoms with Gasteiger partial charge >= 0.3 is 0 Å². The molecule has 0 bridgehead atoms. The highest BCUT2D eigenvalue weighted by atomic mass is 32.2. The van der Waals surface area contributed by atoms with Gasteiger partial charge in [0.15, 0.2) is 0 Å². The van der Waals surface area contributed by atoms with E-state index < -0.39 is 10.0 Å². The van der Waals surface area contributed by atoms with E-state index in [4.69, 9.17) is 0 Å². The number of anilines is 1. The predicted molar refractivity (Wildman–Crippen MR) is 76.9 cm³/mol. The molecule has 2 rings (SSSR count). The Balaban J connectivity index is 2.27. The van der Waals surface area contributed by atoms with Gasteiger partial charge in [0, 0.05) is 17.6 Å². The van der Waals surface area contributed by atoms with Crippen molar-refractivity contribution in [3.05, 3.63) is 41.0 Å². The van der Waals surface area contributed by atoms with Gasteiger partial charge in [0.2, 0.25) is 0 Å². The molecule has 0 saturated heterocycles. The van der Waals surface area contributed by atoms with E-state index in [0.717, 1.165) is 10.4 Å². The van der Waals surface area contributed by atoms with Crippen molar-refractivity contribution >= 4 is 27.0 Å². The molecule has 0 unspecified atom stereocenters. The number of thiophene rings is 1. The quantitative estimate of drug-likeness (QED) is 0.885. The average Bonchev–Trinajstić information content (AvgIpc) is 2.73. The summed E-state index contributed by atoms with van der Waals surface area (Å²) in [7, 11) is -1.70. The first-order chi connectivity index (χ1) is 9.03. The topological polar surface area (TPSA) is 71.1 Å². The molecule has 0 spiro atoms. The van der Waals surface area contributed by atoms with E-state index >= 15 is 0 Å². The zero-order chi connectivity index (χ0) is 13.9. The number of hydrogen-bond acceptors (Lipinski definition) is 5. The zero-order valence-corrected chi connectivity index (χ0v) is 12.3. The fourth-order valence-corrected chi connectivity index (χ4v) is 4.23. The molecular weight excluding hydrogens is 282 g/mol. The molecule has 0 aliphatic rings. The molecular formula is C12H15N3O2S2. The highest BCUT2D eigenvalue weighted by molar-refractivity contribution is 7.94. The normalized spacial score (nSPS) is 11.5. The SMILES string of the molecule is CNCc1sc(S(=O)(=O)Nc2cccnc2)cc1C. The third-order valence-electron chi connectivity index (χ3n) is 2.51. The van der Waals surface area contributed by atoms with E-state index in [-0.39, 0.29) is 0 Å². The van der Waals surface area contributed by atoms with Crippen molar-refractivity contribution in [1.82, 2.24) is 10.3 Å². The van der Waals surface area contributed by atoms with Crippen molar-refractivity contribution in [2.75, 3.05) is 11.8 Å². The molecule has 5 nitrogen and oxygen atoms in total. The van der Waals surface area contributed by atoms with Gasteiger partial charge in [-0.3, -0.25) is 9.71 Å². The van der Waals surface area contributed by atoms with Crippen LogP contribution in [0.4, 0.5) is 5.69 Å². The highest BCUT2D eigenvalue weighted by Crippen LogP contribution is 2.27. The summed E-state index contributed by atoms with van der Waals surface area (Å²) in [5, 5.41) is 3.02. The number of aryl methyl sites for hydroxylation is 1. The van der Waals surface area contributed by atoms with E-state index in [1.54, 1.807) is 24.4 Å². The second-order valence-corrected chi connectivity index (χ2v) is 7.10. The van der Waals surface area contributed by atoms with Crippen LogP contribution in [0.25, 0.3) is 0 Å². The molecule has 0 aliphatic heterocycles. The lowest BCUT2D eigenvalue weighted by atomic mass is 10.3. The van der Waals surface area contributed by atoms with Crippen molar-refractivity contribution in [1.29, 1.82) is 0 Å². The van der Waals surface area contributed by atoms with Crippen LogP contribution in [0.15, 0.2) is 34.8 Å². The standard InChI is InChI=1S/C12H15N3O2S2/c1-9-6-12(18-11(9)8-13-2)19(16,17)15-10-4-3-5-14-7-10/h3-7,13,15H,8H2,1-2H3. The van der Waals surface area contributed by atoms with E-state index in [0.29, 0.717) is 16.4 Å². The predicted octanol–water partition coefficient (Wildman–Crippen LogP) is 1.97. The third-order valence-corrected chi connectivity index (χ3v) is 5.61. The monoisotopic (exact) mass is 297 g/mol. The number of hydrogen-bond donors (Lipinski definition) is 2. The van der Waals surface area contributed by atoms with E-state index in [9.17, 15) is 8.42 Å². The minimum absolute atomic E-state index is 0.319. The molecule has 7 heteroatoms. The molecule has 2 heterocycles. The maximum absolute atomic E-state index is 12.2. The average molecular weight is 297 g/mol. The lowest BCUT2D eigenvalue weighted by Crippen LogP contribution is -2.11. The van der Waals surface area contributed by atoms with Crippen LogP contribution in [-0.4, -0.2) is 20.4 Å².